The highest BCUT2D eigenvalue weighted by Gasteiger charge is 2.47. The standard InChI is InChI=1S/C13H17N5O6S/c1-6-9(12(22)18(6)24-4-3-8(19)20)16-11(21)10(17-23-2)7-5-25-13(14)15-7/h5-6,9H,3-4H2,1-2H3,(H2,14,15)(H,16,21)(H,19,20)/b17-10-/t6-,9-/m0/s1. The Morgan fingerprint density at radius 2 is 2.28 bits per heavy atom. The van der Waals surface area contributed by atoms with Gasteiger partial charge in [0.1, 0.15) is 18.8 Å². The first-order valence-corrected chi connectivity index (χ1v) is 8.04. The normalized spacial score (nSPS) is 20.2. The molecule has 0 aromatic carbocycles. The number of hydrogen-bond donors (Lipinski definition) is 3. The number of anilines is 1. The van der Waals surface area contributed by atoms with Crippen LogP contribution in [-0.2, 0) is 24.1 Å². The summed E-state index contributed by atoms with van der Waals surface area (Å²) in [7, 11) is 1.28. The number of rotatable bonds is 8. The Hall–Kier alpha value is -2.73. The summed E-state index contributed by atoms with van der Waals surface area (Å²) in [5, 5.41) is 17.5. The van der Waals surface area contributed by atoms with E-state index in [9.17, 15) is 14.4 Å². The number of thiazole rings is 1. The maximum atomic E-state index is 12.4. The van der Waals surface area contributed by atoms with Crippen molar-refractivity contribution < 1.29 is 29.2 Å². The van der Waals surface area contributed by atoms with Crippen molar-refractivity contribution in [1.29, 1.82) is 0 Å². The number of aliphatic carboxylic acids is 1. The first kappa shape index (κ1) is 18.6. The van der Waals surface area contributed by atoms with Gasteiger partial charge in [0.05, 0.1) is 19.1 Å². The van der Waals surface area contributed by atoms with Crippen molar-refractivity contribution in [2.24, 2.45) is 5.16 Å². The summed E-state index contributed by atoms with van der Waals surface area (Å²) in [6.45, 7) is 1.52. The van der Waals surface area contributed by atoms with Crippen molar-refractivity contribution in [3.63, 3.8) is 0 Å². The molecule has 11 nitrogen and oxygen atoms in total. The topological polar surface area (TPSA) is 156 Å². The molecule has 0 unspecified atom stereocenters. The van der Waals surface area contributed by atoms with Crippen LogP contribution in [0.4, 0.5) is 5.13 Å². The number of carbonyl (C=O) groups is 3. The molecule has 1 saturated heterocycles. The minimum atomic E-state index is -1.03. The molecule has 0 spiro atoms. The van der Waals surface area contributed by atoms with E-state index in [0.717, 1.165) is 16.4 Å². The van der Waals surface area contributed by atoms with E-state index >= 15 is 0 Å². The van der Waals surface area contributed by atoms with Crippen molar-refractivity contribution in [1.82, 2.24) is 15.4 Å². The molecule has 136 valence electrons. The molecule has 2 atom stereocenters. The maximum absolute atomic E-state index is 12.4. The van der Waals surface area contributed by atoms with E-state index in [1.54, 1.807) is 12.3 Å². The minimum absolute atomic E-state index is 0.110. The van der Waals surface area contributed by atoms with Crippen LogP contribution >= 0.6 is 11.3 Å². The summed E-state index contributed by atoms with van der Waals surface area (Å²) < 4.78 is 0. The van der Waals surface area contributed by atoms with E-state index in [4.69, 9.17) is 15.7 Å². The van der Waals surface area contributed by atoms with E-state index in [1.807, 2.05) is 0 Å². The summed E-state index contributed by atoms with van der Waals surface area (Å²) in [4.78, 5) is 48.6. The third-order valence-corrected chi connectivity index (χ3v) is 4.00. The summed E-state index contributed by atoms with van der Waals surface area (Å²) in [6.07, 6.45) is -0.233. The predicted molar refractivity (Wildman–Crippen MR) is 86.5 cm³/mol. The average Bonchev–Trinajstić information content (AvgIpc) is 2.99. The number of β-lactam (4-membered cyclic amide) rings is 1. The molecule has 2 rings (SSSR count). The lowest BCUT2D eigenvalue weighted by Gasteiger charge is -2.43. The highest BCUT2D eigenvalue weighted by molar-refractivity contribution is 7.13. The van der Waals surface area contributed by atoms with Crippen LogP contribution < -0.4 is 11.1 Å². The number of hydroxylamine groups is 2. The molecule has 2 heterocycles. The van der Waals surface area contributed by atoms with E-state index in [-0.39, 0.29) is 29.6 Å². The quantitative estimate of drug-likeness (QED) is 0.304. The lowest BCUT2D eigenvalue weighted by Crippen LogP contribution is -2.69. The second kappa shape index (κ2) is 7.90. The second-order valence-corrected chi connectivity index (χ2v) is 5.92. The van der Waals surface area contributed by atoms with Gasteiger partial charge in [-0.25, -0.2) is 10.0 Å². The van der Waals surface area contributed by atoms with Crippen LogP contribution in [0, 0.1) is 0 Å². The zero-order chi connectivity index (χ0) is 18.6. The molecule has 25 heavy (non-hydrogen) atoms. The Labute approximate surface area is 146 Å². The van der Waals surface area contributed by atoms with Crippen molar-refractivity contribution in [3.05, 3.63) is 11.1 Å². The van der Waals surface area contributed by atoms with E-state index in [2.05, 4.69) is 20.3 Å². The molecule has 1 aliphatic heterocycles. The average molecular weight is 371 g/mol. The summed E-state index contributed by atoms with van der Waals surface area (Å²) in [6, 6.07) is -1.29. The van der Waals surface area contributed by atoms with Crippen LogP contribution in [0.15, 0.2) is 10.5 Å². The van der Waals surface area contributed by atoms with Gasteiger partial charge in [0, 0.05) is 5.38 Å². The van der Waals surface area contributed by atoms with Gasteiger partial charge in [-0.15, -0.1) is 11.3 Å². The van der Waals surface area contributed by atoms with Gasteiger partial charge in [-0.3, -0.25) is 19.2 Å². The van der Waals surface area contributed by atoms with Crippen molar-refractivity contribution in [2.45, 2.75) is 25.4 Å². The fourth-order valence-electron chi connectivity index (χ4n) is 2.09. The van der Waals surface area contributed by atoms with Crippen LogP contribution in [0.3, 0.4) is 0 Å². The molecule has 1 aliphatic rings. The first-order valence-electron chi connectivity index (χ1n) is 7.16. The molecule has 0 saturated carbocycles. The molecule has 12 heteroatoms. The summed E-state index contributed by atoms with van der Waals surface area (Å²) >= 11 is 1.13. The van der Waals surface area contributed by atoms with Gasteiger partial charge < -0.3 is 21.0 Å². The van der Waals surface area contributed by atoms with Gasteiger partial charge in [0.25, 0.3) is 11.8 Å². The molecule has 0 aliphatic carbocycles. The smallest absolute Gasteiger partial charge is 0.305 e. The second-order valence-electron chi connectivity index (χ2n) is 5.03. The van der Waals surface area contributed by atoms with Crippen LogP contribution in [0.25, 0.3) is 0 Å². The zero-order valence-electron chi connectivity index (χ0n) is 13.5. The van der Waals surface area contributed by atoms with Crippen LogP contribution in [-0.4, -0.2) is 64.4 Å². The molecule has 0 bridgehead atoms. The fourth-order valence-corrected chi connectivity index (χ4v) is 2.64. The Balaban J connectivity index is 1.97. The number of carbonyl (C=O) groups excluding carboxylic acids is 2. The number of carboxylic acid groups (broad SMARTS) is 1. The van der Waals surface area contributed by atoms with Gasteiger partial charge in [0.2, 0.25) is 0 Å². The van der Waals surface area contributed by atoms with Gasteiger partial charge in [0.15, 0.2) is 10.8 Å². The Bertz CT molecular complexity index is 705. The molecule has 2 amide bonds. The van der Waals surface area contributed by atoms with E-state index in [0.29, 0.717) is 0 Å². The molecule has 4 N–H and O–H groups in total. The number of carboxylic acids is 1. The third-order valence-electron chi connectivity index (χ3n) is 3.33. The summed E-state index contributed by atoms with van der Waals surface area (Å²) in [5.41, 5.74) is 5.66. The molecule has 1 aromatic rings. The number of oxime groups is 1. The van der Waals surface area contributed by atoms with Gasteiger partial charge in [-0.2, -0.15) is 0 Å². The fraction of sp³-hybridized carbons (Fsp3) is 0.462. The van der Waals surface area contributed by atoms with Crippen LogP contribution in [0.1, 0.15) is 19.0 Å². The van der Waals surface area contributed by atoms with Crippen molar-refractivity contribution in [3.8, 4) is 0 Å². The number of nitrogens with zero attached hydrogens (tertiary/aromatic N) is 3. The van der Waals surface area contributed by atoms with Gasteiger partial charge in [-0.05, 0) is 6.92 Å². The van der Waals surface area contributed by atoms with E-state index < -0.39 is 29.9 Å². The number of hydrogen-bond acceptors (Lipinski definition) is 9. The van der Waals surface area contributed by atoms with Crippen molar-refractivity contribution >= 4 is 40.0 Å². The summed E-state index contributed by atoms with van der Waals surface area (Å²) in [5.74, 6) is -2.17. The largest absolute Gasteiger partial charge is 0.481 e. The van der Waals surface area contributed by atoms with Gasteiger partial charge >= 0.3 is 5.97 Å². The zero-order valence-corrected chi connectivity index (χ0v) is 14.3. The molecule has 1 aromatic heterocycles. The number of nitrogens with one attached hydrogen (secondary N) is 1. The molecular formula is C13H17N5O6S. The van der Waals surface area contributed by atoms with Crippen LogP contribution in [0.5, 0.6) is 0 Å². The number of nitrogens with two attached hydrogens (primary N) is 1. The molecular weight excluding hydrogens is 354 g/mol. The molecule has 0 radical (unpaired) electrons. The molecule has 1 fully saturated rings. The monoisotopic (exact) mass is 371 g/mol. The number of nitrogen functional groups attached to an aromatic ring is 1. The van der Waals surface area contributed by atoms with E-state index in [1.165, 1.54) is 7.11 Å². The van der Waals surface area contributed by atoms with Gasteiger partial charge in [-0.1, -0.05) is 5.16 Å². The van der Waals surface area contributed by atoms with Crippen LogP contribution in [0.2, 0.25) is 0 Å². The third kappa shape index (κ3) is 4.22. The minimum Gasteiger partial charge on any atom is -0.481 e. The lowest BCUT2D eigenvalue weighted by molar-refractivity contribution is -0.232. The highest BCUT2D eigenvalue weighted by atomic mass is 32.1. The maximum Gasteiger partial charge on any atom is 0.305 e. The number of aromatic nitrogens is 1. The first-order chi connectivity index (χ1) is 11.8. The predicted octanol–water partition coefficient (Wildman–Crippen LogP) is -0.802. The Morgan fingerprint density at radius 1 is 1.56 bits per heavy atom. The van der Waals surface area contributed by atoms with Crippen molar-refractivity contribution in [2.75, 3.05) is 19.5 Å². The lowest BCUT2D eigenvalue weighted by atomic mass is 10.00. The Kier molecular flexibility index (Phi) is 5.88. The SMILES string of the molecule is CO/N=C(\C(=O)N[C@@H]1C(=O)N(OCCC(=O)O)[C@H]1C)c1csc(N)n1. The Morgan fingerprint density at radius 3 is 2.80 bits per heavy atom. The highest BCUT2D eigenvalue weighted by Crippen LogP contribution is 2.21. The number of amides is 2.